The average molecular weight is 349 g/mol. The summed E-state index contributed by atoms with van der Waals surface area (Å²) < 4.78 is 36.6. The Hall–Kier alpha value is -2.96. The van der Waals surface area contributed by atoms with E-state index in [1.54, 1.807) is 25.1 Å². The Morgan fingerprint density at radius 2 is 1.84 bits per heavy atom. The normalized spacial score (nSPS) is 11.6. The SMILES string of the molecule is COc1ccc(C)cc1C(=O)O[C@@H](C)C(=O)Nc1ccc(F)cc1F. The fourth-order valence-electron chi connectivity index (χ4n) is 2.08. The number of rotatable bonds is 5. The molecule has 0 heterocycles. The molecular formula is C18H17F2NO4. The van der Waals surface area contributed by atoms with Gasteiger partial charge in [0.05, 0.1) is 12.8 Å². The largest absolute Gasteiger partial charge is 0.496 e. The number of ether oxygens (including phenoxy) is 2. The first kappa shape index (κ1) is 18.4. The molecule has 1 N–H and O–H groups in total. The van der Waals surface area contributed by atoms with Gasteiger partial charge in [-0.05, 0) is 38.1 Å². The second-order valence-corrected chi connectivity index (χ2v) is 5.36. The Morgan fingerprint density at radius 1 is 1.12 bits per heavy atom. The lowest BCUT2D eigenvalue weighted by molar-refractivity contribution is -0.123. The molecule has 0 aliphatic carbocycles. The Balaban J connectivity index is 2.08. The molecule has 25 heavy (non-hydrogen) atoms. The first-order valence-electron chi connectivity index (χ1n) is 7.43. The molecule has 0 radical (unpaired) electrons. The highest BCUT2D eigenvalue weighted by Crippen LogP contribution is 2.21. The number of methoxy groups -OCH3 is 1. The number of carbonyl (C=O) groups excluding carboxylic acids is 2. The van der Waals surface area contributed by atoms with Crippen molar-refractivity contribution in [2.24, 2.45) is 0 Å². The molecular weight excluding hydrogens is 332 g/mol. The van der Waals surface area contributed by atoms with Gasteiger partial charge in [0, 0.05) is 6.07 Å². The highest BCUT2D eigenvalue weighted by molar-refractivity contribution is 5.98. The van der Waals surface area contributed by atoms with Gasteiger partial charge in [0.25, 0.3) is 5.91 Å². The third-order valence-electron chi connectivity index (χ3n) is 3.42. The van der Waals surface area contributed by atoms with E-state index in [9.17, 15) is 18.4 Å². The number of aryl methyl sites for hydroxylation is 1. The molecule has 0 spiro atoms. The smallest absolute Gasteiger partial charge is 0.342 e. The van der Waals surface area contributed by atoms with Crippen molar-refractivity contribution in [1.29, 1.82) is 0 Å². The van der Waals surface area contributed by atoms with Gasteiger partial charge in [-0.1, -0.05) is 11.6 Å². The monoisotopic (exact) mass is 349 g/mol. The highest BCUT2D eigenvalue weighted by atomic mass is 19.1. The van der Waals surface area contributed by atoms with Gasteiger partial charge in [0.2, 0.25) is 0 Å². The van der Waals surface area contributed by atoms with Crippen LogP contribution in [0.3, 0.4) is 0 Å². The molecule has 0 saturated heterocycles. The molecule has 0 aliphatic rings. The lowest BCUT2D eigenvalue weighted by Crippen LogP contribution is -2.30. The third-order valence-corrected chi connectivity index (χ3v) is 3.42. The van der Waals surface area contributed by atoms with Crippen molar-refractivity contribution < 1.29 is 27.8 Å². The topological polar surface area (TPSA) is 64.6 Å². The Labute approximate surface area is 143 Å². The van der Waals surface area contributed by atoms with E-state index in [-0.39, 0.29) is 11.3 Å². The van der Waals surface area contributed by atoms with E-state index >= 15 is 0 Å². The Kier molecular flexibility index (Phi) is 5.69. The van der Waals surface area contributed by atoms with Crippen molar-refractivity contribution in [3.8, 4) is 5.75 Å². The first-order valence-corrected chi connectivity index (χ1v) is 7.43. The summed E-state index contributed by atoms with van der Waals surface area (Å²) in [4.78, 5) is 24.3. The summed E-state index contributed by atoms with van der Waals surface area (Å²) in [7, 11) is 1.41. The van der Waals surface area contributed by atoms with Crippen LogP contribution in [0.2, 0.25) is 0 Å². The second-order valence-electron chi connectivity index (χ2n) is 5.36. The zero-order valence-corrected chi connectivity index (χ0v) is 13.9. The molecule has 2 aromatic rings. The summed E-state index contributed by atoms with van der Waals surface area (Å²) in [6, 6.07) is 7.69. The van der Waals surface area contributed by atoms with E-state index in [0.717, 1.165) is 17.7 Å². The van der Waals surface area contributed by atoms with Crippen molar-refractivity contribution in [1.82, 2.24) is 0 Å². The number of hydrogen-bond acceptors (Lipinski definition) is 4. The van der Waals surface area contributed by atoms with Crippen LogP contribution in [0.1, 0.15) is 22.8 Å². The zero-order chi connectivity index (χ0) is 18.6. The predicted molar refractivity (Wildman–Crippen MR) is 87.6 cm³/mol. The standard InChI is InChI=1S/C18H17F2NO4/c1-10-4-7-16(24-3)13(8-10)18(23)25-11(2)17(22)21-15-6-5-12(19)9-14(15)20/h4-9,11H,1-3H3,(H,21,22)/t11-/m0/s1. The fraction of sp³-hybridized carbons (Fsp3) is 0.222. The van der Waals surface area contributed by atoms with Crippen LogP contribution in [0.25, 0.3) is 0 Å². The van der Waals surface area contributed by atoms with Crippen LogP contribution in [0.5, 0.6) is 5.75 Å². The molecule has 5 nitrogen and oxygen atoms in total. The molecule has 1 atom stereocenters. The molecule has 0 fully saturated rings. The molecule has 2 aromatic carbocycles. The summed E-state index contributed by atoms with van der Waals surface area (Å²) in [5, 5.41) is 2.24. The highest BCUT2D eigenvalue weighted by Gasteiger charge is 2.22. The van der Waals surface area contributed by atoms with E-state index in [1.807, 2.05) is 0 Å². The number of carbonyl (C=O) groups is 2. The molecule has 1 amide bonds. The van der Waals surface area contributed by atoms with Crippen LogP contribution in [-0.4, -0.2) is 25.1 Å². The summed E-state index contributed by atoms with van der Waals surface area (Å²) in [5.74, 6) is -2.87. The van der Waals surface area contributed by atoms with Gasteiger partial charge in [-0.25, -0.2) is 13.6 Å². The number of benzene rings is 2. The fourth-order valence-corrected chi connectivity index (χ4v) is 2.08. The van der Waals surface area contributed by atoms with Crippen molar-refractivity contribution in [3.05, 3.63) is 59.2 Å². The number of amides is 1. The minimum absolute atomic E-state index is 0.176. The molecule has 0 bridgehead atoms. The zero-order valence-electron chi connectivity index (χ0n) is 13.9. The van der Waals surface area contributed by atoms with Crippen molar-refractivity contribution in [2.75, 3.05) is 12.4 Å². The second kappa shape index (κ2) is 7.74. The molecule has 0 aliphatic heterocycles. The van der Waals surface area contributed by atoms with Gasteiger partial charge in [-0.15, -0.1) is 0 Å². The van der Waals surface area contributed by atoms with E-state index in [4.69, 9.17) is 9.47 Å². The Bertz CT molecular complexity index is 808. The average Bonchev–Trinajstić information content (AvgIpc) is 2.57. The maximum atomic E-state index is 13.6. The summed E-state index contributed by atoms with van der Waals surface area (Å²) in [6.45, 7) is 3.14. The van der Waals surface area contributed by atoms with Crippen LogP contribution in [0.15, 0.2) is 36.4 Å². The number of anilines is 1. The van der Waals surface area contributed by atoms with E-state index in [1.165, 1.54) is 14.0 Å². The van der Waals surface area contributed by atoms with E-state index in [2.05, 4.69) is 5.32 Å². The lowest BCUT2D eigenvalue weighted by Gasteiger charge is -2.15. The van der Waals surface area contributed by atoms with Gasteiger partial charge in [-0.3, -0.25) is 4.79 Å². The third kappa shape index (κ3) is 4.53. The predicted octanol–water partition coefficient (Wildman–Crippen LogP) is 3.47. The van der Waals surface area contributed by atoms with Gasteiger partial charge in [0.1, 0.15) is 22.9 Å². The number of hydrogen-bond donors (Lipinski definition) is 1. The maximum absolute atomic E-state index is 13.6. The molecule has 7 heteroatoms. The molecule has 0 aromatic heterocycles. The van der Waals surface area contributed by atoms with E-state index < -0.39 is 29.6 Å². The van der Waals surface area contributed by atoms with Gasteiger partial charge >= 0.3 is 5.97 Å². The Morgan fingerprint density at radius 3 is 2.48 bits per heavy atom. The number of halogens is 2. The summed E-state index contributed by atoms with van der Waals surface area (Å²) in [6.07, 6.45) is -1.19. The van der Waals surface area contributed by atoms with Crippen molar-refractivity contribution in [3.63, 3.8) is 0 Å². The number of esters is 1. The van der Waals surface area contributed by atoms with Gasteiger partial charge in [0.15, 0.2) is 6.10 Å². The summed E-state index contributed by atoms with van der Waals surface area (Å²) >= 11 is 0. The first-order chi connectivity index (χ1) is 11.8. The van der Waals surface area contributed by atoms with Gasteiger partial charge in [-0.2, -0.15) is 0 Å². The van der Waals surface area contributed by atoms with Gasteiger partial charge < -0.3 is 14.8 Å². The van der Waals surface area contributed by atoms with Crippen LogP contribution in [-0.2, 0) is 9.53 Å². The number of nitrogens with one attached hydrogen (secondary N) is 1. The summed E-state index contributed by atoms with van der Waals surface area (Å²) in [5.41, 5.74) is 0.788. The quantitative estimate of drug-likeness (QED) is 0.840. The van der Waals surface area contributed by atoms with Crippen molar-refractivity contribution in [2.45, 2.75) is 20.0 Å². The van der Waals surface area contributed by atoms with Crippen LogP contribution in [0, 0.1) is 18.6 Å². The van der Waals surface area contributed by atoms with Crippen molar-refractivity contribution >= 4 is 17.6 Å². The van der Waals surface area contributed by atoms with E-state index in [0.29, 0.717) is 11.8 Å². The molecule has 132 valence electrons. The molecule has 0 unspecified atom stereocenters. The molecule has 0 saturated carbocycles. The van der Waals surface area contributed by atoms with Crippen LogP contribution in [0.4, 0.5) is 14.5 Å². The minimum Gasteiger partial charge on any atom is -0.496 e. The maximum Gasteiger partial charge on any atom is 0.342 e. The van der Waals surface area contributed by atoms with Crippen LogP contribution < -0.4 is 10.1 Å². The lowest BCUT2D eigenvalue weighted by atomic mass is 10.1. The minimum atomic E-state index is -1.19. The molecule has 2 rings (SSSR count). The van der Waals surface area contributed by atoms with Crippen LogP contribution >= 0.6 is 0 Å².